The van der Waals surface area contributed by atoms with E-state index in [2.05, 4.69) is 15.9 Å². The lowest BCUT2D eigenvalue weighted by Gasteiger charge is -2.12. The zero-order valence-corrected chi connectivity index (χ0v) is 11.7. The SMILES string of the molecule is Cc1c(Br)ccc(C(N)=O)c1Cc1ccccc1. The first-order valence-electron chi connectivity index (χ1n) is 5.71. The van der Waals surface area contributed by atoms with Crippen molar-refractivity contribution in [2.75, 3.05) is 0 Å². The van der Waals surface area contributed by atoms with E-state index in [1.807, 2.05) is 43.3 Å². The number of amides is 1. The molecule has 2 rings (SSSR count). The van der Waals surface area contributed by atoms with Gasteiger partial charge >= 0.3 is 0 Å². The third kappa shape index (κ3) is 2.62. The highest BCUT2D eigenvalue weighted by Gasteiger charge is 2.13. The lowest BCUT2D eigenvalue weighted by Crippen LogP contribution is -2.15. The number of benzene rings is 2. The van der Waals surface area contributed by atoms with Crippen molar-refractivity contribution in [1.29, 1.82) is 0 Å². The van der Waals surface area contributed by atoms with E-state index < -0.39 is 0 Å². The molecule has 0 saturated carbocycles. The minimum Gasteiger partial charge on any atom is -0.366 e. The maximum Gasteiger partial charge on any atom is 0.248 e. The van der Waals surface area contributed by atoms with E-state index in [9.17, 15) is 4.79 Å². The van der Waals surface area contributed by atoms with Crippen LogP contribution in [0.15, 0.2) is 46.9 Å². The van der Waals surface area contributed by atoms with E-state index in [1.54, 1.807) is 6.07 Å². The molecule has 0 heterocycles. The average Bonchev–Trinajstić information content (AvgIpc) is 2.36. The van der Waals surface area contributed by atoms with E-state index in [4.69, 9.17) is 5.73 Å². The van der Waals surface area contributed by atoms with Crippen molar-refractivity contribution >= 4 is 21.8 Å². The Morgan fingerprint density at radius 1 is 1.17 bits per heavy atom. The van der Waals surface area contributed by atoms with Gasteiger partial charge in [-0.25, -0.2) is 0 Å². The quantitative estimate of drug-likeness (QED) is 0.927. The largest absolute Gasteiger partial charge is 0.366 e. The van der Waals surface area contributed by atoms with Crippen LogP contribution >= 0.6 is 15.9 Å². The van der Waals surface area contributed by atoms with Crippen LogP contribution in [0.25, 0.3) is 0 Å². The van der Waals surface area contributed by atoms with Gasteiger partial charge in [0.25, 0.3) is 0 Å². The molecule has 0 saturated heterocycles. The Kier molecular flexibility index (Phi) is 3.82. The van der Waals surface area contributed by atoms with E-state index in [0.717, 1.165) is 15.6 Å². The van der Waals surface area contributed by atoms with E-state index >= 15 is 0 Å². The maximum absolute atomic E-state index is 11.5. The highest BCUT2D eigenvalue weighted by atomic mass is 79.9. The molecule has 3 heteroatoms. The number of primary amides is 1. The van der Waals surface area contributed by atoms with Gasteiger partial charge in [0, 0.05) is 10.0 Å². The van der Waals surface area contributed by atoms with Gasteiger partial charge in [-0.1, -0.05) is 46.3 Å². The summed E-state index contributed by atoms with van der Waals surface area (Å²) in [7, 11) is 0. The third-order valence-corrected chi connectivity index (χ3v) is 3.88. The van der Waals surface area contributed by atoms with Gasteiger partial charge in [-0.05, 0) is 42.2 Å². The fourth-order valence-electron chi connectivity index (χ4n) is 1.99. The van der Waals surface area contributed by atoms with Gasteiger partial charge in [-0.3, -0.25) is 4.79 Å². The van der Waals surface area contributed by atoms with Crippen LogP contribution in [0, 0.1) is 6.92 Å². The third-order valence-electron chi connectivity index (χ3n) is 3.02. The van der Waals surface area contributed by atoms with Crippen LogP contribution in [-0.4, -0.2) is 5.91 Å². The lowest BCUT2D eigenvalue weighted by atomic mass is 9.95. The number of carbonyl (C=O) groups excluding carboxylic acids is 1. The highest BCUT2D eigenvalue weighted by Crippen LogP contribution is 2.25. The fourth-order valence-corrected chi connectivity index (χ4v) is 2.36. The predicted molar refractivity (Wildman–Crippen MR) is 76.6 cm³/mol. The van der Waals surface area contributed by atoms with Crippen molar-refractivity contribution in [3.63, 3.8) is 0 Å². The van der Waals surface area contributed by atoms with Crippen molar-refractivity contribution in [2.45, 2.75) is 13.3 Å². The van der Waals surface area contributed by atoms with Crippen LogP contribution in [0.1, 0.15) is 27.0 Å². The molecule has 2 N–H and O–H groups in total. The van der Waals surface area contributed by atoms with Gasteiger partial charge < -0.3 is 5.73 Å². The van der Waals surface area contributed by atoms with Gasteiger partial charge in [-0.15, -0.1) is 0 Å². The van der Waals surface area contributed by atoms with Crippen molar-refractivity contribution in [2.24, 2.45) is 5.73 Å². The van der Waals surface area contributed by atoms with Gasteiger partial charge in [0.2, 0.25) is 5.91 Å². The van der Waals surface area contributed by atoms with Crippen LogP contribution < -0.4 is 5.73 Å². The van der Waals surface area contributed by atoms with Crippen LogP contribution in [0.2, 0.25) is 0 Å². The average molecular weight is 304 g/mol. The molecule has 2 aromatic rings. The number of rotatable bonds is 3. The molecular weight excluding hydrogens is 290 g/mol. The Balaban J connectivity index is 2.48. The number of nitrogens with two attached hydrogens (primary N) is 1. The number of hydrogen-bond donors (Lipinski definition) is 1. The molecule has 92 valence electrons. The van der Waals surface area contributed by atoms with E-state index in [0.29, 0.717) is 12.0 Å². The molecule has 0 fully saturated rings. The summed E-state index contributed by atoms with van der Waals surface area (Å²) in [6.45, 7) is 1.99. The first-order valence-corrected chi connectivity index (χ1v) is 6.50. The minimum atomic E-state index is -0.378. The Morgan fingerprint density at radius 3 is 2.44 bits per heavy atom. The number of hydrogen-bond acceptors (Lipinski definition) is 1. The summed E-state index contributed by atoms with van der Waals surface area (Å²) in [5, 5.41) is 0. The molecule has 0 atom stereocenters. The summed E-state index contributed by atoms with van der Waals surface area (Å²) < 4.78 is 0.999. The summed E-state index contributed by atoms with van der Waals surface area (Å²) in [5.41, 5.74) is 9.25. The minimum absolute atomic E-state index is 0.378. The summed E-state index contributed by atoms with van der Waals surface area (Å²) in [6, 6.07) is 13.7. The zero-order valence-electron chi connectivity index (χ0n) is 10.1. The normalized spacial score (nSPS) is 10.3. The monoisotopic (exact) mass is 303 g/mol. The molecule has 2 aromatic carbocycles. The molecule has 1 amide bonds. The van der Waals surface area contributed by atoms with Crippen LogP contribution in [0.3, 0.4) is 0 Å². The topological polar surface area (TPSA) is 43.1 Å². The summed E-state index contributed by atoms with van der Waals surface area (Å²) >= 11 is 3.49. The van der Waals surface area contributed by atoms with Crippen LogP contribution in [0.5, 0.6) is 0 Å². The summed E-state index contributed by atoms with van der Waals surface area (Å²) in [4.78, 5) is 11.5. The van der Waals surface area contributed by atoms with Crippen LogP contribution in [0.4, 0.5) is 0 Å². The molecule has 0 bridgehead atoms. The Morgan fingerprint density at radius 2 is 1.83 bits per heavy atom. The Labute approximate surface area is 115 Å². The molecular formula is C15H14BrNO. The summed E-state index contributed by atoms with van der Waals surface area (Å²) in [5.74, 6) is -0.378. The van der Waals surface area contributed by atoms with Gasteiger partial charge in [0.15, 0.2) is 0 Å². The molecule has 18 heavy (non-hydrogen) atoms. The van der Waals surface area contributed by atoms with Gasteiger partial charge in [0.1, 0.15) is 0 Å². The molecule has 0 radical (unpaired) electrons. The van der Waals surface area contributed by atoms with E-state index in [1.165, 1.54) is 5.56 Å². The Hall–Kier alpha value is -1.61. The fraction of sp³-hybridized carbons (Fsp3) is 0.133. The van der Waals surface area contributed by atoms with Crippen molar-refractivity contribution in [3.8, 4) is 0 Å². The number of halogens is 1. The smallest absolute Gasteiger partial charge is 0.248 e. The number of carbonyl (C=O) groups is 1. The maximum atomic E-state index is 11.5. The molecule has 0 aliphatic rings. The van der Waals surface area contributed by atoms with Gasteiger partial charge in [0.05, 0.1) is 0 Å². The molecule has 0 unspecified atom stereocenters. The lowest BCUT2D eigenvalue weighted by molar-refractivity contribution is 0.0999. The Bertz CT molecular complexity index is 579. The highest BCUT2D eigenvalue weighted by molar-refractivity contribution is 9.10. The first-order chi connectivity index (χ1) is 8.59. The van der Waals surface area contributed by atoms with E-state index in [-0.39, 0.29) is 5.91 Å². The molecule has 0 aliphatic carbocycles. The van der Waals surface area contributed by atoms with Gasteiger partial charge in [-0.2, -0.15) is 0 Å². The standard InChI is InChI=1S/C15H14BrNO/c1-10-13(9-11-5-3-2-4-6-11)12(15(17)18)7-8-14(10)16/h2-8H,9H2,1H3,(H2,17,18). The first kappa shape index (κ1) is 12.8. The van der Waals surface area contributed by atoms with Crippen molar-refractivity contribution in [1.82, 2.24) is 0 Å². The molecule has 2 nitrogen and oxygen atoms in total. The molecule has 0 aromatic heterocycles. The van der Waals surface area contributed by atoms with Crippen molar-refractivity contribution in [3.05, 3.63) is 69.2 Å². The second-order valence-electron chi connectivity index (χ2n) is 4.23. The molecule has 0 aliphatic heterocycles. The van der Waals surface area contributed by atoms with Crippen LogP contribution in [-0.2, 0) is 6.42 Å². The second kappa shape index (κ2) is 5.36. The molecule has 0 spiro atoms. The summed E-state index contributed by atoms with van der Waals surface area (Å²) in [6.07, 6.45) is 0.713. The predicted octanol–water partition coefficient (Wildman–Crippen LogP) is 3.45. The van der Waals surface area contributed by atoms with Crippen molar-refractivity contribution < 1.29 is 4.79 Å². The zero-order chi connectivity index (χ0) is 13.1. The second-order valence-corrected chi connectivity index (χ2v) is 5.08.